The van der Waals surface area contributed by atoms with Crippen LogP contribution in [0.4, 0.5) is 4.39 Å². The lowest BCUT2D eigenvalue weighted by molar-refractivity contribution is 0.105. The quantitative estimate of drug-likeness (QED) is 0.915. The summed E-state index contributed by atoms with van der Waals surface area (Å²) in [6.45, 7) is 6.02. The highest BCUT2D eigenvalue weighted by Crippen LogP contribution is 2.25. The van der Waals surface area contributed by atoms with E-state index in [1.54, 1.807) is 0 Å². The molecular formula is C14H19BrFNO. The zero-order valence-corrected chi connectivity index (χ0v) is 12.3. The Labute approximate surface area is 116 Å². The lowest BCUT2D eigenvalue weighted by Gasteiger charge is -2.20. The van der Waals surface area contributed by atoms with Gasteiger partial charge in [-0.1, -0.05) is 22.0 Å². The molecular weight excluding hydrogens is 297 g/mol. The molecule has 3 atom stereocenters. The van der Waals surface area contributed by atoms with E-state index in [0.29, 0.717) is 12.0 Å². The Morgan fingerprint density at radius 2 is 2.33 bits per heavy atom. The van der Waals surface area contributed by atoms with Crippen molar-refractivity contribution >= 4 is 15.9 Å². The van der Waals surface area contributed by atoms with Crippen molar-refractivity contribution in [1.29, 1.82) is 0 Å². The highest BCUT2D eigenvalue weighted by atomic mass is 79.9. The van der Waals surface area contributed by atoms with Crippen molar-refractivity contribution in [2.75, 3.05) is 13.2 Å². The third kappa shape index (κ3) is 3.31. The summed E-state index contributed by atoms with van der Waals surface area (Å²) in [6.07, 6.45) is 1.45. The van der Waals surface area contributed by atoms with Gasteiger partial charge in [0, 0.05) is 23.7 Å². The van der Waals surface area contributed by atoms with Gasteiger partial charge in [-0.05, 0) is 43.9 Å². The Morgan fingerprint density at radius 1 is 1.56 bits per heavy atom. The minimum atomic E-state index is -0.212. The van der Waals surface area contributed by atoms with Crippen molar-refractivity contribution in [3.05, 3.63) is 34.1 Å². The third-order valence-corrected chi connectivity index (χ3v) is 4.34. The second-order valence-corrected chi connectivity index (χ2v) is 5.77. The Kier molecular flexibility index (Phi) is 4.76. The maximum atomic E-state index is 13.0. The molecule has 0 radical (unpaired) electrons. The second-order valence-electron chi connectivity index (χ2n) is 4.92. The molecule has 1 saturated heterocycles. The van der Waals surface area contributed by atoms with Crippen molar-refractivity contribution < 1.29 is 9.13 Å². The standard InChI is InChI=1S/C14H19BrFNO/c1-9(13-4-3-12(16)7-14(13)15)17-8-11-5-6-18-10(11)2/h3-4,7,9-11,17H,5-6,8H2,1-2H3. The van der Waals surface area contributed by atoms with Gasteiger partial charge in [-0.15, -0.1) is 0 Å². The second kappa shape index (κ2) is 6.13. The SMILES string of the molecule is CC(NCC1CCOC1C)c1ccc(F)cc1Br. The number of rotatable bonds is 4. The number of hydrogen-bond donors (Lipinski definition) is 1. The van der Waals surface area contributed by atoms with Gasteiger partial charge in [-0.3, -0.25) is 0 Å². The molecule has 2 nitrogen and oxygen atoms in total. The van der Waals surface area contributed by atoms with E-state index in [4.69, 9.17) is 4.74 Å². The molecule has 1 heterocycles. The summed E-state index contributed by atoms with van der Waals surface area (Å²) >= 11 is 3.41. The molecule has 0 aliphatic carbocycles. The average Bonchev–Trinajstić information content (AvgIpc) is 2.72. The molecule has 1 aliphatic rings. The van der Waals surface area contributed by atoms with Gasteiger partial charge in [-0.25, -0.2) is 4.39 Å². The first kappa shape index (κ1) is 14.0. The van der Waals surface area contributed by atoms with E-state index in [1.807, 2.05) is 6.07 Å². The maximum absolute atomic E-state index is 13.0. The van der Waals surface area contributed by atoms with E-state index in [-0.39, 0.29) is 11.9 Å². The predicted octanol–water partition coefficient (Wildman–Crippen LogP) is 3.66. The fraction of sp³-hybridized carbons (Fsp3) is 0.571. The van der Waals surface area contributed by atoms with Gasteiger partial charge in [-0.2, -0.15) is 0 Å². The lowest BCUT2D eigenvalue weighted by Crippen LogP contribution is -2.29. The van der Waals surface area contributed by atoms with Crippen LogP contribution in [0, 0.1) is 11.7 Å². The zero-order chi connectivity index (χ0) is 13.1. The molecule has 3 unspecified atom stereocenters. The number of benzene rings is 1. The molecule has 1 N–H and O–H groups in total. The van der Waals surface area contributed by atoms with E-state index in [2.05, 4.69) is 35.1 Å². The molecule has 4 heteroatoms. The average molecular weight is 316 g/mol. The van der Waals surface area contributed by atoms with Crippen LogP contribution in [-0.4, -0.2) is 19.3 Å². The molecule has 100 valence electrons. The van der Waals surface area contributed by atoms with Gasteiger partial charge in [0.1, 0.15) is 5.82 Å². The number of halogens is 2. The van der Waals surface area contributed by atoms with Gasteiger partial charge in [0.05, 0.1) is 6.10 Å². The van der Waals surface area contributed by atoms with Crippen LogP contribution in [0.3, 0.4) is 0 Å². The summed E-state index contributed by atoms with van der Waals surface area (Å²) in [5, 5.41) is 3.50. The van der Waals surface area contributed by atoms with E-state index < -0.39 is 0 Å². The maximum Gasteiger partial charge on any atom is 0.124 e. The van der Waals surface area contributed by atoms with Crippen molar-refractivity contribution in [1.82, 2.24) is 5.32 Å². The Balaban J connectivity index is 1.93. The van der Waals surface area contributed by atoms with Crippen molar-refractivity contribution in [3.63, 3.8) is 0 Å². The molecule has 0 saturated carbocycles. The number of hydrogen-bond acceptors (Lipinski definition) is 2. The first-order chi connectivity index (χ1) is 8.58. The van der Waals surface area contributed by atoms with Crippen LogP contribution >= 0.6 is 15.9 Å². The van der Waals surface area contributed by atoms with E-state index in [1.165, 1.54) is 12.1 Å². The summed E-state index contributed by atoms with van der Waals surface area (Å²) in [4.78, 5) is 0. The molecule has 0 spiro atoms. The van der Waals surface area contributed by atoms with Crippen LogP contribution in [0.1, 0.15) is 31.9 Å². The van der Waals surface area contributed by atoms with Crippen LogP contribution in [0.5, 0.6) is 0 Å². The minimum Gasteiger partial charge on any atom is -0.378 e. The molecule has 18 heavy (non-hydrogen) atoms. The fourth-order valence-electron chi connectivity index (χ4n) is 2.33. The van der Waals surface area contributed by atoms with Crippen molar-refractivity contribution in [2.45, 2.75) is 32.4 Å². The summed E-state index contributed by atoms with van der Waals surface area (Å²) in [5.74, 6) is 0.363. The fourth-order valence-corrected chi connectivity index (χ4v) is 3.03. The van der Waals surface area contributed by atoms with E-state index in [0.717, 1.165) is 29.6 Å². The summed E-state index contributed by atoms with van der Waals surface area (Å²) in [5.41, 5.74) is 1.09. The monoisotopic (exact) mass is 315 g/mol. The Morgan fingerprint density at radius 3 is 2.94 bits per heavy atom. The summed E-state index contributed by atoms with van der Waals surface area (Å²) in [6, 6.07) is 5.04. The Hall–Kier alpha value is -0.450. The van der Waals surface area contributed by atoms with Crippen molar-refractivity contribution in [3.8, 4) is 0 Å². The smallest absolute Gasteiger partial charge is 0.124 e. The van der Waals surface area contributed by atoms with Gasteiger partial charge in [0.2, 0.25) is 0 Å². The highest BCUT2D eigenvalue weighted by molar-refractivity contribution is 9.10. The molecule has 0 bridgehead atoms. The lowest BCUT2D eigenvalue weighted by atomic mass is 10.0. The van der Waals surface area contributed by atoms with Gasteiger partial charge < -0.3 is 10.1 Å². The Bertz CT molecular complexity index is 413. The summed E-state index contributed by atoms with van der Waals surface area (Å²) in [7, 11) is 0. The molecule has 0 amide bonds. The molecule has 1 aromatic carbocycles. The van der Waals surface area contributed by atoms with Crippen LogP contribution < -0.4 is 5.32 Å². The third-order valence-electron chi connectivity index (χ3n) is 3.65. The number of ether oxygens (including phenoxy) is 1. The first-order valence-electron chi connectivity index (χ1n) is 6.38. The van der Waals surface area contributed by atoms with Crippen LogP contribution in [-0.2, 0) is 4.74 Å². The molecule has 0 aromatic heterocycles. The topological polar surface area (TPSA) is 21.3 Å². The van der Waals surface area contributed by atoms with E-state index in [9.17, 15) is 4.39 Å². The minimum absolute atomic E-state index is 0.202. The molecule has 1 aliphatic heterocycles. The van der Waals surface area contributed by atoms with Crippen LogP contribution in [0.25, 0.3) is 0 Å². The zero-order valence-electron chi connectivity index (χ0n) is 10.7. The molecule has 1 fully saturated rings. The van der Waals surface area contributed by atoms with Gasteiger partial charge in [0.15, 0.2) is 0 Å². The molecule has 1 aromatic rings. The normalized spacial score (nSPS) is 25.3. The van der Waals surface area contributed by atoms with E-state index >= 15 is 0 Å². The first-order valence-corrected chi connectivity index (χ1v) is 7.17. The van der Waals surface area contributed by atoms with Crippen LogP contribution in [0.2, 0.25) is 0 Å². The molecule has 2 rings (SSSR count). The largest absolute Gasteiger partial charge is 0.378 e. The van der Waals surface area contributed by atoms with Crippen molar-refractivity contribution in [2.24, 2.45) is 5.92 Å². The van der Waals surface area contributed by atoms with Crippen LogP contribution in [0.15, 0.2) is 22.7 Å². The summed E-state index contributed by atoms with van der Waals surface area (Å²) < 4.78 is 19.4. The predicted molar refractivity (Wildman–Crippen MR) is 74.0 cm³/mol. The highest BCUT2D eigenvalue weighted by Gasteiger charge is 2.24. The van der Waals surface area contributed by atoms with Gasteiger partial charge >= 0.3 is 0 Å². The number of nitrogens with one attached hydrogen (secondary N) is 1. The van der Waals surface area contributed by atoms with Gasteiger partial charge in [0.25, 0.3) is 0 Å².